The van der Waals surface area contributed by atoms with Crippen LogP contribution in [0.4, 0.5) is 5.69 Å². The molecule has 3 atom stereocenters. The van der Waals surface area contributed by atoms with Crippen molar-refractivity contribution < 1.29 is 9.69 Å². The minimum Gasteiger partial charge on any atom is -0.325 e. The van der Waals surface area contributed by atoms with Gasteiger partial charge in [0.05, 0.1) is 23.8 Å². The first-order chi connectivity index (χ1) is 9.08. The smallest absolute Gasteiger partial charge is 0.282 e. The topological polar surface area (TPSA) is 33.5 Å². The highest BCUT2D eigenvalue weighted by molar-refractivity contribution is 6.33. The van der Waals surface area contributed by atoms with Gasteiger partial charge >= 0.3 is 0 Å². The predicted molar refractivity (Wildman–Crippen MR) is 78.6 cm³/mol. The maximum absolute atomic E-state index is 12.3. The summed E-state index contributed by atoms with van der Waals surface area (Å²) < 4.78 is 0. The van der Waals surface area contributed by atoms with E-state index in [1.54, 1.807) is 6.07 Å². The number of hydrogen-bond donors (Lipinski definition) is 2. The molecule has 1 amide bonds. The first kappa shape index (κ1) is 14.4. The molecule has 1 aromatic rings. The predicted octanol–water partition coefficient (Wildman–Crippen LogP) is 1.98. The van der Waals surface area contributed by atoms with E-state index in [-0.39, 0.29) is 11.9 Å². The molecule has 19 heavy (non-hydrogen) atoms. The fourth-order valence-electron chi connectivity index (χ4n) is 2.71. The number of amides is 1. The van der Waals surface area contributed by atoms with Gasteiger partial charge in [0.1, 0.15) is 0 Å². The van der Waals surface area contributed by atoms with Crippen molar-refractivity contribution in [3.05, 3.63) is 29.3 Å². The highest BCUT2D eigenvalue weighted by Crippen LogP contribution is 2.20. The second-order valence-electron chi connectivity index (χ2n) is 5.55. The number of quaternary nitrogens is 1. The molecule has 0 saturated carbocycles. The highest BCUT2D eigenvalue weighted by atomic mass is 35.5. The lowest BCUT2D eigenvalue weighted by Gasteiger charge is -2.31. The van der Waals surface area contributed by atoms with Gasteiger partial charge in [0.15, 0.2) is 6.04 Å². The third kappa shape index (κ3) is 3.71. The first-order valence-electron chi connectivity index (χ1n) is 6.98. The molecule has 0 spiro atoms. The Morgan fingerprint density at radius 3 is 2.89 bits per heavy atom. The number of benzene rings is 1. The van der Waals surface area contributed by atoms with Crippen molar-refractivity contribution in [2.24, 2.45) is 5.92 Å². The normalized spacial score (nSPS) is 24.8. The molecule has 2 N–H and O–H groups in total. The zero-order valence-electron chi connectivity index (χ0n) is 11.6. The van der Waals surface area contributed by atoms with Crippen molar-refractivity contribution in [3.63, 3.8) is 0 Å². The van der Waals surface area contributed by atoms with Gasteiger partial charge < -0.3 is 10.2 Å². The second kappa shape index (κ2) is 6.40. The Bertz CT molecular complexity index is 450. The molecular weight excluding hydrogens is 260 g/mol. The quantitative estimate of drug-likeness (QED) is 0.873. The molecule has 0 radical (unpaired) electrons. The van der Waals surface area contributed by atoms with Crippen LogP contribution in [0.15, 0.2) is 24.3 Å². The van der Waals surface area contributed by atoms with Crippen molar-refractivity contribution in [2.45, 2.75) is 32.7 Å². The van der Waals surface area contributed by atoms with Crippen LogP contribution in [0, 0.1) is 5.92 Å². The van der Waals surface area contributed by atoms with Crippen molar-refractivity contribution >= 4 is 23.2 Å². The lowest BCUT2D eigenvalue weighted by atomic mass is 9.99. The van der Waals surface area contributed by atoms with Gasteiger partial charge in [-0.25, -0.2) is 0 Å². The Labute approximate surface area is 119 Å². The Balaban J connectivity index is 1.97. The van der Waals surface area contributed by atoms with Gasteiger partial charge in [0.2, 0.25) is 0 Å². The van der Waals surface area contributed by atoms with Crippen LogP contribution >= 0.6 is 11.6 Å². The van der Waals surface area contributed by atoms with Gasteiger partial charge in [-0.15, -0.1) is 0 Å². The summed E-state index contributed by atoms with van der Waals surface area (Å²) in [5.41, 5.74) is 0.700. The van der Waals surface area contributed by atoms with Crippen LogP contribution in [-0.2, 0) is 4.79 Å². The van der Waals surface area contributed by atoms with Crippen molar-refractivity contribution in [2.75, 3.05) is 18.4 Å². The summed E-state index contributed by atoms with van der Waals surface area (Å²) in [6, 6.07) is 7.33. The number of carbonyl (C=O) groups is 1. The molecule has 104 valence electrons. The van der Waals surface area contributed by atoms with E-state index in [2.05, 4.69) is 12.2 Å². The van der Waals surface area contributed by atoms with E-state index in [0.717, 1.165) is 13.1 Å². The molecule has 2 rings (SSSR count). The largest absolute Gasteiger partial charge is 0.325 e. The summed E-state index contributed by atoms with van der Waals surface area (Å²) >= 11 is 6.06. The second-order valence-corrected chi connectivity index (χ2v) is 5.96. The number of anilines is 1. The van der Waals surface area contributed by atoms with Gasteiger partial charge in [-0.1, -0.05) is 30.7 Å². The molecule has 1 saturated heterocycles. The van der Waals surface area contributed by atoms with E-state index in [4.69, 9.17) is 11.6 Å². The fourth-order valence-corrected chi connectivity index (χ4v) is 2.89. The summed E-state index contributed by atoms with van der Waals surface area (Å²) in [5, 5.41) is 3.52. The number of hydrogen-bond acceptors (Lipinski definition) is 1. The third-order valence-electron chi connectivity index (χ3n) is 3.94. The molecule has 1 aliphatic heterocycles. The summed E-state index contributed by atoms with van der Waals surface area (Å²) in [5.74, 6) is 0.761. The Morgan fingerprint density at radius 1 is 1.47 bits per heavy atom. The number of halogens is 1. The minimum atomic E-state index is -0.0287. The number of para-hydroxylation sites is 1. The number of rotatable bonds is 3. The average molecular weight is 282 g/mol. The summed E-state index contributed by atoms with van der Waals surface area (Å²) in [7, 11) is 0. The van der Waals surface area contributed by atoms with Crippen LogP contribution in [-0.4, -0.2) is 25.0 Å². The summed E-state index contributed by atoms with van der Waals surface area (Å²) in [4.78, 5) is 13.7. The van der Waals surface area contributed by atoms with Gasteiger partial charge in [-0.2, -0.15) is 0 Å². The van der Waals surface area contributed by atoms with Gasteiger partial charge in [-0.05, 0) is 31.9 Å². The van der Waals surface area contributed by atoms with Crippen LogP contribution < -0.4 is 10.2 Å². The first-order valence-corrected chi connectivity index (χ1v) is 7.35. The van der Waals surface area contributed by atoms with Crippen molar-refractivity contribution in [1.29, 1.82) is 0 Å². The minimum absolute atomic E-state index is 0.0287. The van der Waals surface area contributed by atoms with Crippen molar-refractivity contribution in [3.8, 4) is 0 Å². The Kier molecular flexibility index (Phi) is 4.83. The summed E-state index contributed by atoms with van der Waals surface area (Å²) in [6.45, 7) is 6.43. The van der Waals surface area contributed by atoms with E-state index in [1.165, 1.54) is 17.7 Å². The molecule has 0 aliphatic carbocycles. The van der Waals surface area contributed by atoms with Crippen LogP contribution in [0.3, 0.4) is 0 Å². The Hall–Kier alpha value is -1.06. The van der Waals surface area contributed by atoms with Crippen LogP contribution in [0.25, 0.3) is 0 Å². The van der Waals surface area contributed by atoms with E-state index in [1.807, 2.05) is 25.1 Å². The van der Waals surface area contributed by atoms with Crippen LogP contribution in [0.1, 0.15) is 26.7 Å². The lowest BCUT2D eigenvalue weighted by molar-refractivity contribution is -0.922. The summed E-state index contributed by atoms with van der Waals surface area (Å²) in [6.07, 6.45) is 2.49. The van der Waals surface area contributed by atoms with E-state index in [0.29, 0.717) is 16.6 Å². The van der Waals surface area contributed by atoms with Gasteiger partial charge in [0.25, 0.3) is 5.91 Å². The Morgan fingerprint density at radius 2 is 2.21 bits per heavy atom. The number of nitrogens with one attached hydrogen (secondary N) is 2. The molecule has 1 fully saturated rings. The zero-order chi connectivity index (χ0) is 13.8. The molecule has 1 aliphatic rings. The third-order valence-corrected chi connectivity index (χ3v) is 4.27. The molecular formula is C15H22ClN2O+. The van der Waals surface area contributed by atoms with Gasteiger partial charge in [0, 0.05) is 5.92 Å². The highest BCUT2D eigenvalue weighted by Gasteiger charge is 2.29. The average Bonchev–Trinajstić information content (AvgIpc) is 2.40. The fraction of sp³-hybridized carbons (Fsp3) is 0.533. The SMILES string of the molecule is C[C@@H]1CCC[NH+]([C@@H](C)C(=O)Nc2ccccc2Cl)C1. The number of likely N-dealkylation sites (tertiary alicyclic amines) is 1. The molecule has 1 aromatic carbocycles. The molecule has 1 unspecified atom stereocenters. The molecule has 4 heteroatoms. The molecule has 3 nitrogen and oxygen atoms in total. The molecule has 0 aromatic heterocycles. The van der Waals surface area contributed by atoms with E-state index < -0.39 is 0 Å². The van der Waals surface area contributed by atoms with E-state index >= 15 is 0 Å². The number of piperidine rings is 1. The lowest BCUT2D eigenvalue weighted by Crippen LogP contribution is -3.17. The standard InChI is InChI=1S/C15H21ClN2O/c1-11-6-5-9-18(10-11)12(2)15(19)17-14-8-4-3-7-13(14)16/h3-4,7-8,11-12H,5-6,9-10H2,1-2H3,(H,17,19)/p+1/t11-,12+/m1/s1. The van der Waals surface area contributed by atoms with E-state index in [9.17, 15) is 4.79 Å². The molecule has 1 heterocycles. The molecule has 0 bridgehead atoms. The zero-order valence-corrected chi connectivity index (χ0v) is 12.3. The maximum atomic E-state index is 12.3. The van der Waals surface area contributed by atoms with Crippen LogP contribution in [0.2, 0.25) is 5.02 Å². The van der Waals surface area contributed by atoms with Crippen molar-refractivity contribution in [1.82, 2.24) is 0 Å². The monoisotopic (exact) mass is 281 g/mol. The maximum Gasteiger partial charge on any atom is 0.282 e. The van der Waals surface area contributed by atoms with Crippen LogP contribution in [0.5, 0.6) is 0 Å². The van der Waals surface area contributed by atoms with Gasteiger partial charge in [-0.3, -0.25) is 4.79 Å². The number of carbonyl (C=O) groups excluding carboxylic acids is 1.